The van der Waals surface area contributed by atoms with Crippen LogP contribution < -0.4 is 5.32 Å². The number of hydrogen-bond acceptors (Lipinski definition) is 11. The molecule has 3 aliphatic rings. The first-order chi connectivity index (χ1) is 23.6. The van der Waals surface area contributed by atoms with Crippen molar-refractivity contribution in [3.63, 3.8) is 0 Å². The second kappa shape index (κ2) is 12.5. The molecular weight excluding hydrogens is 657 g/mol. The lowest BCUT2D eigenvalue weighted by molar-refractivity contribution is -0.0533. The number of rotatable bonds is 8. The van der Waals surface area contributed by atoms with Gasteiger partial charge >= 0.3 is 0 Å². The van der Waals surface area contributed by atoms with Crippen LogP contribution in [0.2, 0.25) is 0 Å². The topological polar surface area (TPSA) is 133 Å². The van der Waals surface area contributed by atoms with Gasteiger partial charge in [-0.2, -0.15) is 0 Å². The van der Waals surface area contributed by atoms with Crippen molar-refractivity contribution < 1.29 is 17.6 Å². The fraction of sp³-hybridized carbons (Fsp3) is 0.486. The molecule has 0 aromatic carbocycles. The van der Waals surface area contributed by atoms with Crippen LogP contribution in [0.1, 0.15) is 93.9 Å². The number of nitrogens with one attached hydrogen (secondary N) is 1. The minimum Gasteiger partial charge on any atom is -0.421 e. The van der Waals surface area contributed by atoms with Crippen LogP contribution in [-0.4, -0.2) is 51.5 Å². The van der Waals surface area contributed by atoms with E-state index in [1.54, 1.807) is 18.3 Å². The van der Waals surface area contributed by atoms with E-state index in [0.717, 1.165) is 64.3 Å². The molecule has 49 heavy (non-hydrogen) atoms. The van der Waals surface area contributed by atoms with Gasteiger partial charge in [0.15, 0.2) is 9.84 Å². The third-order valence-corrected chi connectivity index (χ3v) is 13.4. The number of ether oxygens (including phenoxy) is 1. The van der Waals surface area contributed by atoms with E-state index in [-0.39, 0.29) is 35.8 Å². The molecule has 0 spiro atoms. The third-order valence-electron chi connectivity index (χ3n) is 10.4. The Balaban J connectivity index is 1.30. The molecule has 5 aromatic heterocycles. The standard InChI is InChI=1S/C37H42N6O4S2/c1-19(2)26-18-49(44,45)35-32(30-17-24-12-14-39-36(34(24)48-30)41-28-11-10-27-25(28)7-6-13-38-27)31(37-43-42-22(5)47-37)29(40-33(26)35)9-8-23-15-20(3)46-21(4)16-23/h6-7,12-14,17,19-21,23,26,28H,8-11,15-16,18H2,1-5H3,(H,39,41)/t20-,21+,23?,26?,28-/m1/s1. The Labute approximate surface area is 291 Å². The molecule has 0 amide bonds. The van der Waals surface area contributed by atoms with Crippen molar-refractivity contribution in [3.8, 4) is 21.9 Å². The summed E-state index contributed by atoms with van der Waals surface area (Å²) < 4.78 is 41.6. The predicted octanol–water partition coefficient (Wildman–Crippen LogP) is 7.87. The van der Waals surface area contributed by atoms with Crippen LogP contribution in [0, 0.1) is 18.8 Å². The van der Waals surface area contributed by atoms with E-state index in [1.807, 2.05) is 24.5 Å². The highest BCUT2D eigenvalue weighted by Gasteiger charge is 2.43. The van der Waals surface area contributed by atoms with Crippen molar-refractivity contribution in [3.05, 3.63) is 65.2 Å². The van der Waals surface area contributed by atoms with Crippen molar-refractivity contribution in [1.29, 1.82) is 0 Å². The van der Waals surface area contributed by atoms with Gasteiger partial charge in [0.2, 0.25) is 11.8 Å². The fourth-order valence-electron chi connectivity index (χ4n) is 8.19. The van der Waals surface area contributed by atoms with E-state index in [2.05, 4.69) is 60.3 Å². The zero-order chi connectivity index (χ0) is 34.0. The number of sulfone groups is 1. The Morgan fingerprint density at radius 2 is 1.88 bits per heavy atom. The lowest BCUT2D eigenvalue weighted by Gasteiger charge is -2.32. The number of anilines is 1. The number of hydrogen-bond donors (Lipinski definition) is 1. The first-order valence-electron chi connectivity index (χ1n) is 17.4. The van der Waals surface area contributed by atoms with Gasteiger partial charge in [0.25, 0.3) is 0 Å². The molecule has 7 heterocycles. The number of aromatic nitrogens is 5. The minimum absolute atomic E-state index is 0.0368. The van der Waals surface area contributed by atoms with Crippen LogP contribution in [0.25, 0.3) is 32.0 Å². The van der Waals surface area contributed by atoms with Crippen LogP contribution >= 0.6 is 11.3 Å². The lowest BCUT2D eigenvalue weighted by atomic mass is 9.86. The Bertz CT molecular complexity index is 2150. The second-order valence-electron chi connectivity index (χ2n) is 14.4. The maximum atomic E-state index is 14.2. The summed E-state index contributed by atoms with van der Waals surface area (Å²) >= 11 is 1.55. The molecule has 5 atom stereocenters. The third kappa shape index (κ3) is 5.95. The fourth-order valence-corrected chi connectivity index (χ4v) is 11.6. The van der Waals surface area contributed by atoms with Gasteiger partial charge < -0.3 is 14.5 Å². The van der Waals surface area contributed by atoms with Gasteiger partial charge in [0, 0.05) is 41.4 Å². The van der Waals surface area contributed by atoms with E-state index in [4.69, 9.17) is 19.1 Å². The normalized spacial score (nSPS) is 24.4. The lowest BCUT2D eigenvalue weighted by Crippen LogP contribution is -2.29. The summed E-state index contributed by atoms with van der Waals surface area (Å²) in [5.74, 6) is 1.91. The first-order valence-corrected chi connectivity index (χ1v) is 19.9. The largest absolute Gasteiger partial charge is 0.421 e. The van der Waals surface area contributed by atoms with Crippen LogP contribution in [0.15, 0.2) is 46.0 Å². The van der Waals surface area contributed by atoms with Crippen LogP contribution in [0.5, 0.6) is 0 Å². The maximum Gasteiger partial charge on any atom is 0.250 e. The summed E-state index contributed by atoms with van der Waals surface area (Å²) in [5.41, 5.74) is 5.05. The smallest absolute Gasteiger partial charge is 0.250 e. The van der Waals surface area contributed by atoms with Crippen molar-refractivity contribution in [2.75, 3.05) is 11.1 Å². The average molecular weight is 699 g/mol. The van der Waals surface area contributed by atoms with Crippen molar-refractivity contribution in [1.82, 2.24) is 25.1 Å². The highest BCUT2D eigenvalue weighted by molar-refractivity contribution is 7.92. The van der Waals surface area contributed by atoms with Gasteiger partial charge in [0.1, 0.15) is 5.82 Å². The zero-order valence-electron chi connectivity index (χ0n) is 28.6. The Hall–Kier alpha value is -3.74. The Morgan fingerprint density at radius 1 is 1.06 bits per heavy atom. The SMILES string of the molecule is Cc1nnc(-c2c(CCC3C[C@@H](C)O[C@@H](C)C3)nc3c(c2-c2cc4ccnc(N[C@@H]5CCc6ncccc65)c4s2)S(=O)(=O)CC3C(C)C)o1. The van der Waals surface area contributed by atoms with Gasteiger partial charge in [-0.1, -0.05) is 19.9 Å². The molecule has 0 saturated carbocycles. The van der Waals surface area contributed by atoms with Gasteiger partial charge in [-0.05, 0) is 93.4 Å². The second-order valence-corrected chi connectivity index (χ2v) is 17.4. The van der Waals surface area contributed by atoms with E-state index in [9.17, 15) is 8.42 Å². The molecule has 1 saturated heterocycles. The summed E-state index contributed by atoms with van der Waals surface area (Å²) in [6.07, 6.45) is 9.46. The molecule has 1 aliphatic carbocycles. The molecule has 12 heteroatoms. The van der Waals surface area contributed by atoms with E-state index < -0.39 is 9.84 Å². The number of aryl methyl sites for hydroxylation is 3. The highest BCUT2D eigenvalue weighted by atomic mass is 32.2. The van der Waals surface area contributed by atoms with Crippen LogP contribution in [-0.2, 0) is 27.4 Å². The first kappa shape index (κ1) is 32.5. The number of thiophene rings is 1. The average Bonchev–Trinajstić information content (AvgIpc) is 3.84. The Morgan fingerprint density at radius 3 is 2.63 bits per heavy atom. The highest BCUT2D eigenvalue weighted by Crippen LogP contribution is 2.51. The molecule has 8 rings (SSSR count). The Kier molecular flexibility index (Phi) is 8.31. The summed E-state index contributed by atoms with van der Waals surface area (Å²) in [4.78, 5) is 15.7. The molecule has 1 N–H and O–H groups in total. The molecule has 2 unspecified atom stereocenters. The molecule has 10 nitrogen and oxygen atoms in total. The maximum absolute atomic E-state index is 14.2. The van der Waals surface area contributed by atoms with Crippen molar-refractivity contribution >= 4 is 37.1 Å². The van der Waals surface area contributed by atoms with Gasteiger partial charge in [0.05, 0.1) is 50.5 Å². The quantitative estimate of drug-likeness (QED) is 0.171. The summed E-state index contributed by atoms with van der Waals surface area (Å²) in [7, 11) is -3.67. The zero-order valence-corrected chi connectivity index (χ0v) is 30.2. The van der Waals surface area contributed by atoms with Gasteiger partial charge in [-0.15, -0.1) is 21.5 Å². The summed E-state index contributed by atoms with van der Waals surface area (Å²) in [6, 6.07) is 8.28. The van der Waals surface area contributed by atoms with E-state index in [0.29, 0.717) is 45.8 Å². The van der Waals surface area contributed by atoms with Crippen LogP contribution in [0.3, 0.4) is 0 Å². The summed E-state index contributed by atoms with van der Waals surface area (Å²) in [5, 5.41) is 13.3. The number of pyridine rings is 3. The van der Waals surface area contributed by atoms with Crippen molar-refractivity contribution in [2.45, 2.75) is 102 Å². The van der Waals surface area contributed by atoms with Crippen LogP contribution in [0.4, 0.5) is 5.82 Å². The molecule has 0 radical (unpaired) electrons. The van der Waals surface area contributed by atoms with Crippen molar-refractivity contribution in [2.24, 2.45) is 11.8 Å². The van der Waals surface area contributed by atoms with E-state index >= 15 is 0 Å². The minimum atomic E-state index is -3.67. The number of fused-ring (bicyclic) bond motifs is 3. The molecule has 256 valence electrons. The molecular formula is C37H42N6O4S2. The molecule has 0 bridgehead atoms. The number of nitrogens with zero attached hydrogens (tertiary/aromatic N) is 5. The van der Waals surface area contributed by atoms with Gasteiger partial charge in [-0.3, -0.25) is 9.97 Å². The molecule has 1 fully saturated rings. The molecule has 5 aromatic rings. The van der Waals surface area contributed by atoms with Gasteiger partial charge in [-0.25, -0.2) is 13.4 Å². The molecule has 2 aliphatic heterocycles. The monoisotopic (exact) mass is 698 g/mol. The predicted molar refractivity (Wildman–Crippen MR) is 190 cm³/mol. The van der Waals surface area contributed by atoms with E-state index in [1.165, 1.54) is 5.56 Å². The summed E-state index contributed by atoms with van der Waals surface area (Å²) in [6.45, 7) is 10.2.